The molecule has 0 radical (unpaired) electrons. The monoisotopic (exact) mass is 332 g/mol. The van der Waals surface area contributed by atoms with E-state index in [1.54, 1.807) is 0 Å². The zero-order valence-corrected chi connectivity index (χ0v) is 15.4. The van der Waals surface area contributed by atoms with Gasteiger partial charge in [-0.3, -0.25) is 0 Å². The zero-order valence-electron chi connectivity index (χ0n) is 15.4. The lowest BCUT2D eigenvalue weighted by molar-refractivity contribution is 0.469. The summed E-state index contributed by atoms with van der Waals surface area (Å²) >= 11 is 0. The van der Waals surface area contributed by atoms with Crippen molar-refractivity contribution in [1.29, 1.82) is 0 Å². The normalized spacial score (nSPS) is 12.2. The van der Waals surface area contributed by atoms with Crippen molar-refractivity contribution < 1.29 is 0 Å². The molecule has 0 aliphatic heterocycles. The molecule has 1 aromatic heterocycles. The van der Waals surface area contributed by atoms with E-state index in [9.17, 15) is 0 Å². The summed E-state index contributed by atoms with van der Waals surface area (Å²) in [6, 6.07) is 21.0. The number of nitrogens with zero attached hydrogens (tertiary/aromatic N) is 2. The number of aryl methyl sites for hydroxylation is 1. The van der Waals surface area contributed by atoms with Crippen LogP contribution < -0.4 is 0 Å². The zero-order chi connectivity index (χ0) is 17.5. The van der Waals surface area contributed by atoms with Crippen LogP contribution in [0.15, 0.2) is 66.9 Å². The highest BCUT2D eigenvalue weighted by Crippen LogP contribution is 2.25. The maximum Gasteiger partial charge on any atom is 0.140 e. The topological polar surface area (TPSA) is 17.8 Å². The summed E-state index contributed by atoms with van der Waals surface area (Å²) in [5.74, 6) is 1.90. The van der Waals surface area contributed by atoms with Gasteiger partial charge in [0.1, 0.15) is 5.82 Å². The number of hydrogen-bond acceptors (Lipinski definition) is 1. The van der Waals surface area contributed by atoms with Crippen LogP contribution in [0.1, 0.15) is 39.5 Å². The highest BCUT2D eigenvalue weighted by Gasteiger charge is 2.11. The third-order valence-corrected chi connectivity index (χ3v) is 4.92. The second-order valence-corrected chi connectivity index (χ2v) is 6.88. The third-order valence-electron chi connectivity index (χ3n) is 4.92. The molecule has 1 heterocycles. The van der Waals surface area contributed by atoms with E-state index in [0.29, 0.717) is 0 Å². The third kappa shape index (κ3) is 4.60. The van der Waals surface area contributed by atoms with E-state index in [4.69, 9.17) is 4.98 Å². The summed E-state index contributed by atoms with van der Waals surface area (Å²) in [7, 11) is 0. The fraction of sp³-hybridized carbons (Fsp3) is 0.348. The van der Waals surface area contributed by atoms with Crippen molar-refractivity contribution in [2.75, 3.05) is 0 Å². The van der Waals surface area contributed by atoms with Gasteiger partial charge in [-0.15, -0.1) is 0 Å². The van der Waals surface area contributed by atoms with Crippen LogP contribution in [0, 0.1) is 5.92 Å². The molecule has 0 saturated carbocycles. The molecule has 0 amide bonds. The van der Waals surface area contributed by atoms with Crippen molar-refractivity contribution >= 4 is 0 Å². The van der Waals surface area contributed by atoms with Gasteiger partial charge < -0.3 is 4.57 Å². The van der Waals surface area contributed by atoms with Crippen molar-refractivity contribution in [3.05, 3.63) is 66.9 Å². The second-order valence-electron chi connectivity index (χ2n) is 6.88. The van der Waals surface area contributed by atoms with E-state index in [2.05, 4.69) is 79.2 Å². The first kappa shape index (κ1) is 17.5. The minimum Gasteiger partial charge on any atom is -0.330 e. The van der Waals surface area contributed by atoms with Gasteiger partial charge in [0.05, 0.1) is 5.69 Å². The van der Waals surface area contributed by atoms with Crippen molar-refractivity contribution in [2.24, 2.45) is 5.92 Å². The molecule has 0 aliphatic carbocycles. The summed E-state index contributed by atoms with van der Waals surface area (Å²) in [6.07, 6.45) is 7.29. The molecule has 2 heteroatoms. The highest BCUT2D eigenvalue weighted by molar-refractivity contribution is 5.64. The average molecular weight is 332 g/mol. The maximum atomic E-state index is 4.94. The fourth-order valence-corrected chi connectivity index (χ4v) is 3.13. The fourth-order valence-electron chi connectivity index (χ4n) is 3.13. The van der Waals surface area contributed by atoms with Crippen LogP contribution in [-0.2, 0) is 6.54 Å². The van der Waals surface area contributed by atoms with Gasteiger partial charge in [0.15, 0.2) is 0 Å². The molecule has 0 N–H and O–H groups in total. The van der Waals surface area contributed by atoms with Crippen molar-refractivity contribution in [3.63, 3.8) is 0 Å². The summed E-state index contributed by atoms with van der Waals surface area (Å²) < 4.78 is 2.33. The van der Waals surface area contributed by atoms with Gasteiger partial charge in [-0.1, -0.05) is 93.8 Å². The summed E-state index contributed by atoms with van der Waals surface area (Å²) in [5.41, 5.74) is 3.42. The molecular formula is C23H28N2. The van der Waals surface area contributed by atoms with Gasteiger partial charge in [-0.2, -0.15) is 0 Å². The van der Waals surface area contributed by atoms with E-state index in [-0.39, 0.29) is 0 Å². The second kappa shape index (κ2) is 8.66. The van der Waals surface area contributed by atoms with Crippen molar-refractivity contribution in [1.82, 2.24) is 9.55 Å². The lowest BCUT2D eigenvalue weighted by Gasteiger charge is -2.10. The Kier molecular flexibility index (Phi) is 6.05. The summed E-state index contributed by atoms with van der Waals surface area (Å²) in [4.78, 5) is 4.94. The molecule has 0 bridgehead atoms. The Morgan fingerprint density at radius 2 is 1.52 bits per heavy atom. The van der Waals surface area contributed by atoms with Gasteiger partial charge >= 0.3 is 0 Å². The Morgan fingerprint density at radius 1 is 0.880 bits per heavy atom. The Labute approximate surface area is 151 Å². The van der Waals surface area contributed by atoms with Gasteiger partial charge in [0, 0.05) is 23.9 Å². The van der Waals surface area contributed by atoms with E-state index in [1.807, 2.05) is 6.07 Å². The predicted octanol–water partition coefficient (Wildman–Crippen LogP) is 6.43. The molecule has 2 nitrogen and oxygen atoms in total. The number of aromatic nitrogens is 2. The van der Waals surface area contributed by atoms with Crippen LogP contribution in [-0.4, -0.2) is 9.55 Å². The van der Waals surface area contributed by atoms with Gasteiger partial charge in [0.2, 0.25) is 0 Å². The predicted molar refractivity (Wildman–Crippen MR) is 106 cm³/mol. The Morgan fingerprint density at radius 3 is 2.16 bits per heavy atom. The van der Waals surface area contributed by atoms with Crippen molar-refractivity contribution in [2.45, 2.75) is 46.1 Å². The van der Waals surface area contributed by atoms with Gasteiger partial charge in [-0.25, -0.2) is 4.98 Å². The molecule has 0 saturated heterocycles. The average Bonchev–Trinajstić information content (AvgIpc) is 3.10. The molecule has 130 valence electrons. The molecule has 1 unspecified atom stereocenters. The van der Waals surface area contributed by atoms with Crippen LogP contribution in [0.5, 0.6) is 0 Å². The first-order chi connectivity index (χ1) is 12.3. The number of rotatable bonds is 8. The van der Waals surface area contributed by atoms with E-state index < -0.39 is 0 Å². The molecular weight excluding hydrogens is 304 g/mol. The number of unbranched alkanes of at least 4 members (excludes halogenated alkanes) is 1. The Bertz CT molecular complexity index is 759. The quantitative estimate of drug-likeness (QED) is 0.434. The first-order valence-corrected chi connectivity index (χ1v) is 9.46. The van der Waals surface area contributed by atoms with Crippen LogP contribution in [0.4, 0.5) is 0 Å². The van der Waals surface area contributed by atoms with Crippen LogP contribution >= 0.6 is 0 Å². The standard InChI is InChI=1S/C23H28N2/c1-3-19(2)12-10-11-17-25-18-22(20-13-6-4-7-14-20)24-23(25)21-15-8-5-9-16-21/h4-9,13-16,18-19H,3,10-12,17H2,1-2H3. The van der Waals surface area contributed by atoms with Crippen LogP contribution in [0.25, 0.3) is 22.6 Å². The molecule has 2 aromatic carbocycles. The number of imidazole rings is 1. The molecule has 0 fully saturated rings. The minimum absolute atomic E-state index is 0.830. The molecule has 3 rings (SSSR count). The van der Waals surface area contributed by atoms with E-state index in [0.717, 1.165) is 24.0 Å². The first-order valence-electron chi connectivity index (χ1n) is 9.46. The van der Waals surface area contributed by atoms with Crippen LogP contribution in [0.2, 0.25) is 0 Å². The van der Waals surface area contributed by atoms with E-state index >= 15 is 0 Å². The SMILES string of the molecule is CCC(C)CCCCn1cc(-c2ccccc2)nc1-c1ccccc1. The maximum absolute atomic E-state index is 4.94. The largest absolute Gasteiger partial charge is 0.330 e. The summed E-state index contributed by atoms with van der Waals surface area (Å²) in [6.45, 7) is 5.65. The number of benzene rings is 2. The molecule has 0 aliphatic rings. The molecule has 1 atom stereocenters. The lowest BCUT2D eigenvalue weighted by Crippen LogP contribution is -2.01. The molecule has 25 heavy (non-hydrogen) atoms. The van der Waals surface area contributed by atoms with E-state index in [1.165, 1.54) is 36.8 Å². The lowest BCUT2D eigenvalue weighted by atomic mass is 10.0. The number of hydrogen-bond donors (Lipinski definition) is 0. The Balaban J connectivity index is 1.81. The summed E-state index contributed by atoms with van der Waals surface area (Å²) in [5, 5.41) is 0. The van der Waals surface area contributed by atoms with Crippen LogP contribution in [0.3, 0.4) is 0 Å². The molecule has 0 spiro atoms. The van der Waals surface area contributed by atoms with Crippen molar-refractivity contribution in [3.8, 4) is 22.6 Å². The smallest absolute Gasteiger partial charge is 0.140 e. The molecule has 3 aromatic rings. The highest BCUT2D eigenvalue weighted by atomic mass is 15.1. The van der Waals surface area contributed by atoms with Gasteiger partial charge in [-0.05, 0) is 12.3 Å². The minimum atomic E-state index is 0.830. The Hall–Kier alpha value is -2.35. The van der Waals surface area contributed by atoms with Gasteiger partial charge in [0.25, 0.3) is 0 Å².